The zero-order valence-corrected chi connectivity index (χ0v) is 9.01. The normalized spacial score (nSPS) is 8.56. The first-order valence-electron chi connectivity index (χ1n) is 4.71. The van der Waals surface area contributed by atoms with E-state index in [1.807, 2.05) is 6.08 Å². The van der Waals surface area contributed by atoms with Crippen molar-refractivity contribution in [2.75, 3.05) is 0 Å². The summed E-state index contributed by atoms with van der Waals surface area (Å²) in [4.78, 5) is 21.0. The van der Waals surface area contributed by atoms with Crippen LogP contribution in [-0.4, -0.2) is 22.0 Å². The number of hydrogen-bond donors (Lipinski definition) is 2. The van der Waals surface area contributed by atoms with Crippen molar-refractivity contribution in [1.82, 2.24) is 0 Å². The Morgan fingerprint density at radius 2 is 1.88 bits per heavy atom. The number of ketones is 1. The van der Waals surface area contributed by atoms with Crippen LogP contribution in [0.3, 0.4) is 0 Å². The van der Waals surface area contributed by atoms with Crippen LogP contribution in [0.2, 0.25) is 0 Å². The standard InChI is InChI=1S/C8H6O4.C4H8/c9-6-4-2-1-3-5(6)7(10)8(11)12;1-3-4-2/h1-4,9H,(H,11,12);3H,1,4H2,2H3. The number of benzene rings is 1. The van der Waals surface area contributed by atoms with Gasteiger partial charge in [-0.1, -0.05) is 25.1 Å². The minimum atomic E-state index is -1.57. The summed E-state index contributed by atoms with van der Waals surface area (Å²) in [5.41, 5.74) is -0.190. The molecule has 0 fully saturated rings. The molecule has 0 unspecified atom stereocenters. The molecule has 0 heterocycles. The van der Waals surface area contributed by atoms with Gasteiger partial charge in [0.05, 0.1) is 5.56 Å². The van der Waals surface area contributed by atoms with E-state index in [1.54, 1.807) is 0 Å². The van der Waals surface area contributed by atoms with E-state index < -0.39 is 11.8 Å². The Hall–Kier alpha value is -2.10. The van der Waals surface area contributed by atoms with Crippen molar-refractivity contribution in [2.45, 2.75) is 13.3 Å². The van der Waals surface area contributed by atoms with Gasteiger partial charge in [0.25, 0.3) is 5.78 Å². The predicted molar refractivity (Wildman–Crippen MR) is 60.6 cm³/mol. The van der Waals surface area contributed by atoms with E-state index in [0.717, 1.165) is 6.42 Å². The van der Waals surface area contributed by atoms with E-state index >= 15 is 0 Å². The minimum Gasteiger partial charge on any atom is -0.507 e. The lowest BCUT2D eigenvalue weighted by Crippen LogP contribution is -2.12. The fourth-order valence-corrected chi connectivity index (χ4v) is 0.781. The van der Waals surface area contributed by atoms with Crippen molar-refractivity contribution in [3.63, 3.8) is 0 Å². The van der Waals surface area contributed by atoms with Gasteiger partial charge in [-0.25, -0.2) is 4.79 Å². The van der Waals surface area contributed by atoms with Gasteiger partial charge in [0, 0.05) is 0 Å². The van der Waals surface area contributed by atoms with E-state index in [1.165, 1.54) is 24.3 Å². The molecule has 1 aromatic carbocycles. The third-order valence-electron chi connectivity index (χ3n) is 1.63. The molecule has 4 heteroatoms. The number of aliphatic carboxylic acids is 1. The van der Waals surface area contributed by atoms with Gasteiger partial charge < -0.3 is 10.2 Å². The molecule has 0 aromatic heterocycles. The Kier molecular flexibility index (Phi) is 6.28. The number of Topliss-reactive ketones (excluding diaryl/α,β-unsaturated/α-hetero) is 1. The zero-order chi connectivity index (χ0) is 12.6. The average Bonchev–Trinajstić information content (AvgIpc) is 2.29. The first kappa shape index (κ1) is 13.9. The molecule has 1 aromatic rings. The number of carboxylic acid groups (broad SMARTS) is 1. The molecule has 0 radical (unpaired) electrons. The molecule has 0 aliphatic heterocycles. The van der Waals surface area contributed by atoms with Crippen LogP contribution in [0.4, 0.5) is 0 Å². The van der Waals surface area contributed by atoms with Gasteiger partial charge in [-0.3, -0.25) is 4.79 Å². The number of allylic oxidation sites excluding steroid dienone is 1. The SMILES string of the molecule is C=CCC.O=C(O)C(=O)c1ccccc1O. The number of aromatic hydroxyl groups is 1. The number of carbonyl (C=O) groups excluding carboxylic acids is 1. The molecule has 0 aliphatic carbocycles. The molecule has 4 nitrogen and oxygen atoms in total. The van der Waals surface area contributed by atoms with Gasteiger partial charge in [0.1, 0.15) is 5.75 Å². The van der Waals surface area contributed by atoms with E-state index in [-0.39, 0.29) is 11.3 Å². The molecule has 2 N–H and O–H groups in total. The van der Waals surface area contributed by atoms with Gasteiger partial charge in [0.2, 0.25) is 0 Å². The number of phenols is 1. The second-order valence-corrected chi connectivity index (χ2v) is 2.85. The molecule has 0 atom stereocenters. The van der Waals surface area contributed by atoms with Crippen LogP contribution in [0.1, 0.15) is 23.7 Å². The summed E-state index contributed by atoms with van der Waals surface area (Å²) in [6.45, 7) is 5.54. The number of phenolic OH excluding ortho intramolecular Hbond substituents is 1. The maximum absolute atomic E-state index is 10.8. The highest BCUT2D eigenvalue weighted by molar-refractivity contribution is 6.40. The fraction of sp³-hybridized carbons (Fsp3) is 0.167. The summed E-state index contributed by atoms with van der Waals surface area (Å²) in [5.74, 6) is -2.99. The van der Waals surface area contributed by atoms with Gasteiger partial charge in [-0.15, -0.1) is 6.58 Å². The van der Waals surface area contributed by atoms with Crippen LogP contribution < -0.4 is 0 Å². The first-order valence-corrected chi connectivity index (χ1v) is 4.71. The van der Waals surface area contributed by atoms with Crippen molar-refractivity contribution in [2.24, 2.45) is 0 Å². The first-order chi connectivity index (χ1) is 7.54. The summed E-state index contributed by atoms with van der Waals surface area (Å²) in [5, 5.41) is 17.3. The van der Waals surface area contributed by atoms with Crippen molar-refractivity contribution in [3.05, 3.63) is 42.5 Å². The molecule has 86 valence electrons. The van der Waals surface area contributed by atoms with Crippen molar-refractivity contribution < 1.29 is 19.8 Å². The third-order valence-corrected chi connectivity index (χ3v) is 1.63. The van der Waals surface area contributed by atoms with Crippen LogP contribution in [0.25, 0.3) is 0 Å². The maximum Gasteiger partial charge on any atom is 0.377 e. The number of hydrogen-bond acceptors (Lipinski definition) is 3. The Balaban J connectivity index is 0.000000487. The van der Waals surface area contributed by atoms with Crippen molar-refractivity contribution in [1.29, 1.82) is 0 Å². The molecule has 0 spiro atoms. The molecule has 0 saturated heterocycles. The smallest absolute Gasteiger partial charge is 0.377 e. The van der Waals surface area contributed by atoms with Crippen LogP contribution in [-0.2, 0) is 4.79 Å². The predicted octanol–water partition coefficient (Wildman–Crippen LogP) is 2.24. The number of carbonyl (C=O) groups is 2. The molecule has 0 aliphatic rings. The summed E-state index contributed by atoms with van der Waals surface area (Å²) in [6, 6.07) is 5.51. The molecule has 0 saturated carbocycles. The van der Waals surface area contributed by atoms with E-state index in [9.17, 15) is 9.59 Å². The summed E-state index contributed by atoms with van der Waals surface area (Å²) in [6.07, 6.45) is 2.96. The minimum absolute atomic E-state index is 0.190. The largest absolute Gasteiger partial charge is 0.507 e. The number of para-hydroxylation sites is 1. The summed E-state index contributed by atoms with van der Waals surface area (Å²) >= 11 is 0. The lowest BCUT2D eigenvalue weighted by molar-refractivity contribution is -0.131. The highest BCUT2D eigenvalue weighted by Gasteiger charge is 2.17. The molecular weight excluding hydrogens is 208 g/mol. The second-order valence-electron chi connectivity index (χ2n) is 2.85. The lowest BCUT2D eigenvalue weighted by atomic mass is 10.1. The van der Waals surface area contributed by atoms with E-state index in [4.69, 9.17) is 10.2 Å². The Bertz CT molecular complexity index is 382. The molecular formula is C12H14O4. The van der Waals surface area contributed by atoms with E-state index in [2.05, 4.69) is 13.5 Å². The highest BCUT2D eigenvalue weighted by Crippen LogP contribution is 2.15. The van der Waals surface area contributed by atoms with Gasteiger partial charge >= 0.3 is 5.97 Å². The fourth-order valence-electron chi connectivity index (χ4n) is 0.781. The van der Waals surface area contributed by atoms with Crippen LogP contribution in [0.15, 0.2) is 36.9 Å². The van der Waals surface area contributed by atoms with Crippen LogP contribution >= 0.6 is 0 Å². The van der Waals surface area contributed by atoms with Crippen LogP contribution in [0.5, 0.6) is 5.75 Å². The number of rotatable bonds is 3. The Morgan fingerprint density at radius 3 is 2.25 bits per heavy atom. The summed E-state index contributed by atoms with van der Waals surface area (Å²) < 4.78 is 0. The average molecular weight is 222 g/mol. The third kappa shape index (κ3) is 4.41. The quantitative estimate of drug-likeness (QED) is 0.467. The Labute approximate surface area is 93.8 Å². The highest BCUT2D eigenvalue weighted by atomic mass is 16.4. The Morgan fingerprint density at radius 1 is 1.38 bits per heavy atom. The van der Waals surface area contributed by atoms with Crippen molar-refractivity contribution in [3.8, 4) is 5.75 Å². The topological polar surface area (TPSA) is 74.6 Å². The van der Waals surface area contributed by atoms with Gasteiger partial charge in [0.15, 0.2) is 0 Å². The monoisotopic (exact) mass is 222 g/mol. The van der Waals surface area contributed by atoms with Crippen LogP contribution in [0, 0.1) is 0 Å². The molecule has 0 amide bonds. The lowest BCUT2D eigenvalue weighted by Gasteiger charge is -1.97. The molecule has 16 heavy (non-hydrogen) atoms. The maximum atomic E-state index is 10.8. The molecule has 0 bridgehead atoms. The van der Waals surface area contributed by atoms with Crippen molar-refractivity contribution >= 4 is 11.8 Å². The van der Waals surface area contributed by atoms with Gasteiger partial charge in [-0.2, -0.15) is 0 Å². The zero-order valence-electron chi connectivity index (χ0n) is 9.01. The second kappa shape index (κ2) is 7.23. The molecule has 1 rings (SSSR count). The van der Waals surface area contributed by atoms with Gasteiger partial charge in [-0.05, 0) is 18.6 Å². The summed E-state index contributed by atoms with van der Waals surface area (Å²) in [7, 11) is 0. The van der Waals surface area contributed by atoms with E-state index in [0.29, 0.717) is 0 Å². The number of carboxylic acids is 1.